The molecule has 0 bridgehead atoms. The lowest BCUT2D eigenvalue weighted by molar-refractivity contribution is -0.118. The highest BCUT2D eigenvalue weighted by Gasteiger charge is 2.31. The maximum absolute atomic E-state index is 11.9. The van der Waals surface area contributed by atoms with E-state index in [0.717, 1.165) is 19.4 Å². The van der Waals surface area contributed by atoms with Gasteiger partial charge in [-0.2, -0.15) is 0 Å². The van der Waals surface area contributed by atoms with E-state index in [1.807, 2.05) is 6.92 Å². The highest BCUT2D eigenvalue weighted by atomic mass is 16.5. The first-order valence-corrected chi connectivity index (χ1v) is 6.10. The molecule has 0 aromatic carbocycles. The average Bonchev–Trinajstić information content (AvgIpc) is 2.95. The number of nitrogens with one attached hydrogen (secondary N) is 1. The van der Waals surface area contributed by atoms with Gasteiger partial charge in [-0.25, -0.2) is 0 Å². The van der Waals surface area contributed by atoms with Gasteiger partial charge in [0.25, 0.3) is 11.7 Å². The fraction of sp³-hybridized carbons (Fsp3) is 0.538. The van der Waals surface area contributed by atoms with Gasteiger partial charge in [-0.15, -0.1) is 0 Å². The lowest BCUT2D eigenvalue weighted by Crippen LogP contribution is -2.43. The molecule has 5 heteroatoms. The van der Waals surface area contributed by atoms with Crippen molar-refractivity contribution in [3.8, 4) is 0 Å². The first-order chi connectivity index (χ1) is 8.52. The number of aromatic nitrogens is 1. The molecule has 5 nitrogen and oxygen atoms in total. The van der Waals surface area contributed by atoms with E-state index in [1.54, 1.807) is 29.9 Å². The number of Topliss-reactive ketones (excluding diaryl/α,β-unsaturated/α-hetero) is 1. The molecule has 0 spiro atoms. The van der Waals surface area contributed by atoms with Gasteiger partial charge in [0.05, 0.1) is 11.3 Å². The van der Waals surface area contributed by atoms with Crippen molar-refractivity contribution < 1.29 is 14.3 Å². The Morgan fingerprint density at radius 1 is 1.56 bits per heavy atom. The normalized spacial score (nSPS) is 23.0. The van der Waals surface area contributed by atoms with Crippen LogP contribution >= 0.6 is 0 Å². The zero-order chi connectivity index (χ0) is 13.2. The number of ketones is 1. The number of rotatable bonds is 4. The quantitative estimate of drug-likeness (QED) is 0.638. The Bertz CT molecular complexity index is 459. The Morgan fingerprint density at radius 3 is 2.89 bits per heavy atom. The second kappa shape index (κ2) is 4.94. The Morgan fingerprint density at radius 2 is 2.33 bits per heavy atom. The van der Waals surface area contributed by atoms with Gasteiger partial charge in [0.2, 0.25) is 0 Å². The Kier molecular flexibility index (Phi) is 3.52. The van der Waals surface area contributed by atoms with Crippen molar-refractivity contribution in [3.05, 3.63) is 24.0 Å². The van der Waals surface area contributed by atoms with Gasteiger partial charge in [0.1, 0.15) is 0 Å². The summed E-state index contributed by atoms with van der Waals surface area (Å²) in [6.45, 7) is 3.05. The van der Waals surface area contributed by atoms with E-state index in [1.165, 1.54) is 0 Å². The monoisotopic (exact) mass is 250 g/mol. The minimum atomic E-state index is -0.575. The molecule has 0 radical (unpaired) electrons. The fourth-order valence-electron chi connectivity index (χ4n) is 2.14. The van der Waals surface area contributed by atoms with Crippen molar-refractivity contribution in [1.29, 1.82) is 0 Å². The average molecular weight is 250 g/mol. The topological polar surface area (TPSA) is 60.3 Å². The van der Waals surface area contributed by atoms with Crippen molar-refractivity contribution in [2.24, 2.45) is 7.05 Å². The summed E-state index contributed by atoms with van der Waals surface area (Å²) < 4.78 is 7.19. The third-order valence-corrected chi connectivity index (χ3v) is 3.31. The van der Waals surface area contributed by atoms with Crippen LogP contribution in [-0.4, -0.2) is 35.0 Å². The largest absolute Gasteiger partial charge is 0.373 e. The number of nitrogens with zero attached hydrogens (tertiary/aromatic N) is 1. The van der Waals surface area contributed by atoms with E-state index in [4.69, 9.17) is 4.74 Å². The van der Waals surface area contributed by atoms with Crippen LogP contribution < -0.4 is 5.32 Å². The summed E-state index contributed by atoms with van der Waals surface area (Å²) in [6.07, 6.45) is 3.64. The van der Waals surface area contributed by atoms with E-state index in [9.17, 15) is 9.59 Å². The first kappa shape index (κ1) is 12.8. The second-order valence-corrected chi connectivity index (χ2v) is 4.92. The van der Waals surface area contributed by atoms with Gasteiger partial charge in [-0.05, 0) is 31.9 Å². The third-order valence-electron chi connectivity index (χ3n) is 3.31. The van der Waals surface area contributed by atoms with Crippen molar-refractivity contribution in [1.82, 2.24) is 9.88 Å². The number of aryl methyl sites for hydroxylation is 1. The number of hydrogen-bond donors (Lipinski definition) is 1. The van der Waals surface area contributed by atoms with Crippen LogP contribution in [-0.2, 0) is 16.6 Å². The summed E-state index contributed by atoms with van der Waals surface area (Å²) in [5.41, 5.74) is 0.0643. The zero-order valence-electron chi connectivity index (χ0n) is 10.7. The summed E-state index contributed by atoms with van der Waals surface area (Å²) in [5, 5.41) is 2.65. The molecule has 1 amide bonds. The first-order valence-electron chi connectivity index (χ1n) is 6.10. The van der Waals surface area contributed by atoms with Crippen LogP contribution in [0.1, 0.15) is 30.3 Å². The maximum atomic E-state index is 11.9. The van der Waals surface area contributed by atoms with Crippen LogP contribution in [0.25, 0.3) is 0 Å². The molecule has 1 fully saturated rings. The summed E-state index contributed by atoms with van der Waals surface area (Å²) in [4.78, 5) is 23.6. The van der Waals surface area contributed by atoms with Gasteiger partial charge >= 0.3 is 0 Å². The molecule has 98 valence electrons. The molecule has 1 N–H and O–H groups in total. The number of hydrogen-bond acceptors (Lipinski definition) is 3. The SMILES string of the molecule is Cn1cccc1C(=O)C(=O)NC[C@]1(C)CCCO1. The Labute approximate surface area is 106 Å². The Balaban J connectivity index is 1.92. The molecule has 0 saturated carbocycles. The minimum Gasteiger partial charge on any atom is -0.373 e. The standard InChI is InChI=1S/C13H18N2O3/c1-13(6-4-8-18-13)9-14-12(17)11(16)10-5-3-7-15(10)2/h3,5,7H,4,6,8-9H2,1-2H3,(H,14,17)/t13-/m0/s1. The molecule has 0 aliphatic carbocycles. The van der Waals surface area contributed by atoms with Crippen LogP contribution in [0.4, 0.5) is 0 Å². The molecule has 1 aromatic rings. The molecule has 2 rings (SSSR count). The maximum Gasteiger partial charge on any atom is 0.294 e. The van der Waals surface area contributed by atoms with Crippen LogP contribution in [0.15, 0.2) is 18.3 Å². The number of amides is 1. The molecule has 1 aromatic heterocycles. The molecule has 1 aliphatic heterocycles. The fourth-order valence-corrected chi connectivity index (χ4v) is 2.14. The van der Waals surface area contributed by atoms with Crippen molar-refractivity contribution in [3.63, 3.8) is 0 Å². The second-order valence-electron chi connectivity index (χ2n) is 4.92. The highest BCUT2D eigenvalue weighted by molar-refractivity contribution is 6.42. The summed E-state index contributed by atoms with van der Waals surface area (Å²) >= 11 is 0. The smallest absolute Gasteiger partial charge is 0.294 e. The predicted molar refractivity (Wildman–Crippen MR) is 66.3 cm³/mol. The van der Waals surface area contributed by atoms with E-state index in [0.29, 0.717) is 12.2 Å². The summed E-state index contributed by atoms with van der Waals surface area (Å²) in [7, 11) is 1.74. The number of carbonyl (C=O) groups excluding carboxylic acids is 2. The number of ether oxygens (including phenoxy) is 1. The molecular weight excluding hydrogens is 232 g/mol. The summed E-state index contributed by atoms with van der Waals surface area (Å²) in [5.74, 6) is -1.09. The van der Waals surface area contributed by atoms with Gasteiger partial charge in [0, 0.05) is 26.4 Å². The molecular formula is C13H18N2O3. The van der Waals surface area contributed by atoms with Crippen LogP contribution in [0.3, 0.4) is 0 Å². The Hall–Kier alpha value is -1.62. The van der Waals surface area contributed by atoms with Crippen molar-refractivity contribution in [2.75, 3.05) is 13.2 Å². The van der Waals surface area contributed by atoms with Gasteiger partial charge < -0.3 is 14.6 Å². The molecule has 2 heterocycles. The van der Waals surface area contributed by atoms with E-state index in [2.05, 4.69) is 5.32 Å². The van der Waals surface area contributed by atoms with Crippen LogP contribution in [0.2, 0.25) is 0 Å². The predicted octanol–water partition coefficient (Wildman–Crippen LogP) is 0.893. The summed E-state index contributed by atoms with van der Waals surface area (Å²) in [6, 6.07) is 3.37. The third kappa shape index (κ3) is 2.61. The number of carbonyl (C=O) groups is 2. The van der Waals surface area contributed by atoms with Gasteiger partial charge in [-0.3, -0.25) is 9.59 Å². The zero-order valence-corrected chi connectivity index (χ0v) is 10.7. The van der Waals surface area contributed by atoms with E-state index in [-0.39, 0.29) is 5.60 Å². The van der Waals surface area contributed by atoms with Crippen molar-refractivity contribution in [2.45, 2.75) is 25.4 Å². The lowest BCUT2D eigenvalue weighted by Gasteiger charge is -2.23. The van der Waals surface area contributed by atoms with Gasteiger partial charge in [-0.1, -0.05) is 0 Å². The van der Waals surface area contributed by atoms with E-state index < -0.39 is 11.7 Å². The van der Waals surface area contributed by atoms with Gasteiger partial charge in [0.15, 0.2) is 0 Å². The molecule has 0 unspecified atom stereocenters. The molecule has 1 aliphatic rings. The van der Waals surface area contributed by atoms with Crippen LogP contribution in [0, 0.1) is 0 Å². The molecule has 18 heavy (non-hydrogen) atoms. The lowest BCUT2D eigenvalue weighted by atomic mass is 10.0. The highest BCUT2D eigenvalue weighted by Crippen LogP contribution is 2.23. The molecule has 1 saturated heterocycles. The van der Waals surface area contributed by atoms with Crippen molar-refractivity contribution >= 4 is 11.7 Å². The van der Waals surface area contributed by atoms with E-state index >= 15 is 0 Å². The molecule has 1 atom stereocenters. The minimum absolute atomic E-state index is 0.329. The van der Waals surface area contributed by atoms with Crippen LogP contribution in [0.5, 0.6) is 0 Å².